The first-order valence-corrected chi connectivity index (χ1v) is 4.48. The van der Waals surface area contributed by atoms with E-state index >= 15 is 0 Å². The zero-order valence-electron chi connectivity index (χ0n) is 8.92. The molecule has 0 fully saturated rings. The molecule has 0 rings (SSSR count). The third kappa shape index (κ3) is 6.15. The molecule has 0 aromatic heterocycles. The summed E-state index contributed by atoms with van der Waals surface area (Å²) in [5.74, 6) is 0.114. The van der Waals surface area contributed by atoms with E-state index in [4.69, 9.17) is 5.26 Å². The summed E-state index contributed by atoms with van der Waals surface area (Å²) >= 11 is 0. The number of hydrogen-bond acceptors (Lipinski definition) is 2. The summed E-state index contributed by atoms with van der Waals surface area (Å²) in [6.45, 7) is 6.63. The lowest BCUT2D eigenvalue weighted by molar-refractivity contribution is -0.131. The van der Waals surface area contributed by atoms with Crippen molar-refractivity contribution in [1.82, 2.24) is 4.90 Å². The van der Waals surface area contributed by atoms with Crippen molar-refractivity contribution in [3.63, 3.8) is 0 Å². The topological polar surface area (TPSA) is 44.1 Å². The summed E-state index contributed by atoms with van der Waals surface area (Å²) in [7, 11) is 1.74. The number of hydrogen-bond donors (Lipinski definition) is 0. The van der Waals surface area contributed by atoms with Crippen LogP contribution in [0, 0.1) is 16.7 Å². The predicted octanol–water partition coefficient (Wildman–Crippen LogP) is 1.79. The van der Waals surface area contributed by atoms with E-state index in [1.807, 2.05) is 26.8 Å². The molecule has 3 heteroatoms. The molecule has 3 nitrogen and oxygen atoms in total. The van der Waals surface area contributed by atoms with Crippen molar-refractivity contribution < 1.29 is 4.79 Å². The van der Waals surface area contributed by atoms with Gasteiger partial charge in [0.1, 0.15) is 0 Å². The minimum atomic E-state index is 0.0258. The van der Waals surface area contributed by atoms with Gasteiger partial charge < -0.3 is 4.90 Å². The lowest BCUT2D eigenvalue weighted by Crippen LogP contribution is -2.30. The highest BCUT2D eigenvalue weighted by Crippen LogP contribution is 2.19. The Labute approximate surface area is 80.3 Å². The maximum absolute atomic E-state index is 11.5. The van der Waals surface area contributed by atoms with Crippen molar-refractivity contribution in [2.45, 2.75) is 33.6 Å². The van der Waals surface area contributed by atoms with Crippen LogP contribution in [-0.4, -0.2) is 24.4 Å². The smallest absolute Gasteiger partial charge is 0.222 e. The Hall–Kier alpha value is -1.04. The van der Waals surface area contributed by atoms with Crippen molar-refractivity contribution in [2.75, 3.05) is 13.6 Å². The highest BCUT2D eigenvalue weighted by Gasteiger charge is 2.18. The van der Waals surface area contributed by atoms with E-state index < -0.39 is 0 Å². The Kier molecular flexibility index (Phi) is 4.47. The first-order chi connectivity index (χ1) is 5.87. The van der Waals surface area contributed by atoms with Gasteiger partial charge in [0, 0.05) is 20.0 Å². The lowest BCUT2D eigenvalue weighted by Gasteiger charge is -2.22. The Morgan fingerprint density at radius 1 is 1.46 bits per heavy atom. The van der Waals surface area contributed by atoms with Crippen LogP contribution >= 0.6 is 0 Å². The van der Waals surface area contributed by atoms with Crippen molar-refractivity contribution in [2.24, 2.45) is 5.41 Å². The highest BCUT2D eigenvalue weighted by atomic mass is 16.2. The average molecular weight is 182 g/mol. The molecule has 0 saturated heterocycles. The molecule has 0 unspecified atom stereocenters. The third-order valence-electron chi connectivity index (χ3n) is 1.67. The van der Waals surface area contributed by atoms with Gasteiger partial charge in [-0.05, 0) is 5.41 Å². The average Bonchev–Trinajstić information content (AvgIpc) is 1.96. The van der Waals surface area contributed by atoms with Crippen LogP contribution in [0.4, 0.5) is 0 Å². The Bertz CT molecular complexity index is 210. The molecule has 0 atom stereocenters. The molecule has 0 aliphatic heterocycles. The zero-order valence-corrected chi connectivity index (χ0v) is 8.92. The maximum Gasteiger partial charge on any atom is 0.222 e. The van der Waals surface area contributed by atoms with Crippen LogP contribution < -0.4 is 0 Å². The standard InChI is InChI=1S/C10H18N2O/c1-10(2,3)8-9(13)12(4)7-5-6-11/h5,7-8H2,1-4H3. The molecule has 0 heterocycles. The largest absolute Gasteiger partial charge is 0.345 e. The van der Waals surface area contributed by atoms with Gasteiger partial charge >= 0.3 is 0 Å². The first kappa shape index (κ1) is 12.0. The van der Waals surface area contributed by atoms with E-state index in [-0.39, 0.29) is 11.3 Å². The molecule has 13 heavy (non-hydrogen) atoms. The van der Waals surface area contributed by atoms with Crippen LogP contribution in [-0.2, 0) is 4.79 Å². The van der Waals surface area contributed by atoms with Gasteiger partial charge in [-0.15, -0.1) is 0 Å². The summed E-state index contributed by atoms with van der Waals surface area (Å²) in [4.78, 5) is 13.1. The Morgan fingerprint density at radius 3 is 2.38 bits per heavy atom. The van der Waals surface area contributed by atoms with Crippen LogP contribution in [0.5, 0.6) is 0 Å². The van der Waals surface area contributed by atoms with Crippen LogP contribution in [0.3, 0.4) is 0 Å². The molecular formula is C10H18N2O. The number of amides is 1. The van der Waals surface area contributed by atoms with E-state index in [1.165, 1.54) is 0 Å². The van der Waals surface area contributed by atoms with E-state index in [9.17, 15) is 4.79 Å². The number of carbonyl (C=O) groups is 1. The van der Waals surface area contributed by atoms with Gasteiger partial charge in [-0.1, -0.05) is 20.8 Å². The number of nitriles is 1. The van der Waals surface area contributed by atoms with Gasteiger partial charge in [-0.2, -0.15) is 5.26 Å². The normalized spacial score (nSPS) is 10.7. The van der Waals surface area contributed by atoms with E-state index in [0.29, 0.717) is 19.4 Å². The fourth-order valence-corrected chi connectivity index (χ4v) is 0.931. The fraction of sp³-hybridized carbons (Fsp3) is 0.800. The summed E-state index contributed by atoms with van der Waals surface area (Å²) in [6.07, 6.45) is 0.946. The summed E-state index contributed by atoms with van der Waals surface area (Å²) in [5, 5.41) is 8.34. The first-order valence-electron chi connectivity index (χ1n) is 4.48. The molecule has 0 spiro atoms. The van der Waals surface area contributed by atoms with E-state index in [0.717, 1.165) is 0 Å². The second-order valence-electron chi connectivity index (χ2n) is 4.46. The molecular weight excluding hydrogens is 164 g/mol. The lowest BCUT2D eigenvalue weighted by atomic mass is 9.92. The van der Waals surface area contributed by atoms with Crippen molar-refractivity contribution in [3.8, 4) is 6.07 Å². The Balaban J connectivity index is 3.91. The zero-order chi connectivity index (χ0) is 10.5. The monoisotopic (exact) mass is 182 g/mol. The molecule has 0 aromatic carbocycles. The minimum absolute atomic E-state index is 0.0258. The molecule has 0 saturated carbocycles. The summed E-state index contributed by atoms with van der Waals surface area (Å²) in [6, 6.07) is 2.02. The number of nitrogens with zero attached hydrogens (tertiary/aromatic N) is 2. The molecule has 74 valence electrons. The van der Waals surface area contributed by atoms with Crippen LogP contribution in [0.25, 0.3) is 0 Å². The van der Waals surface area contributed by atoms with E-state index in [2.05, 4.69) is 0 Å². The quantitative estimate of drug-likeness (QED) is 0.668. The molecule has 1 amide bonds. The molecule has 0 aliphatic rings. The van der Waals surface area contributed by atoms with Gasteiger partial charge in [0.15, 0.2) is 0 Å². The van der Waals surface area contributed by atoms with Gasteiger partial charge in [-0.25, -0.2) is 0 Å². The molecule has 0 N–H and O–H groups in total. The Morgan fingerprint density at radius 2 is 2.00 bits per heavy atom. The van der Waals surface area contributed by atoms with Crippen LogP contribution in [0.15, 0.2) is 0 Å². The number of rotatable bonds is 3. The second kappa shape index (κ2) is 4.86. The third-order valence-corrected chi connectivity index (χ3v) is 1.67. The van der Waals surface area contributed by atoms with E-state index in [1.54, 1.807) is 11.9 Å². The SMILES string of the molecule is CN(CCC#N)C(=O)CC(C)(C)C. The van der Waals surface area contributed by atoms with Crippen molar-refractivity contribution >= 4 is 5.91 Å². The van der Waals surface area contributed by atoms with Crippen molar-refractivity contribution in [3.05, 3.63) is 0 Å². The molecule has 0 radical (unpaired) electrons. The fourth-order valence-electron chi connectivity index (χ4n) is 0.931. The summed E-state index contributed by atoms with van der Waals surface area (Å²) < 4.78 is 0. The van der Waals surface area contributed by atoms with Crippen LogP contribution in [0.1, 0.15) is 33.6 Å². The van der Waals surface area contributed by atoms with Crippen LogP contribution in [0.2, 0.25) is 0 Å². The van der Waals surface area contributed by atoms with Gasteiger partial charge in [0.25, 0.3) is 0 Å². The van der Waals surface area contributed by atoms with Gasteiger partial charge in [0.05, 0.1) is 12.5 Å². The predicted molar refractivity (Wildman–Crippen MR) is 51.9 cm³/mol. The van der Waals surface area contributed by atoms with Gasteiger partial charge in [-0.3, -0.25) is 4.79 Å². The number of carbonyl (C=O) groups excluding carboxylic acids is 1. The highest BCUT2D eigenvalue weighted by molar-refractivity contribution is 5.76. The minimum Gasteiger partial charge on any atom is -0.345 e. The van der Waals surface area contributed by atoms with Crippen molar-refractivity contribution in [1.29, 1.82) is 5.26 Å². The maximum atomic E-state index is 11.5. The molecule has 0 aromatic rings. The molecule has 0 bridgehead atoms. The summed E-state index contributed by atoms with van der Waals surface area (Å²) in [5.41, 5.74) is 0.0258. The second-order valence-corrected chi connectivity index (χ2v) is 4.46. The van der Waals surface area contributed by atoms with Gasteiger partial charge in [0.2, 0.25) is 5.91 Å². The molecule has 0 aliphatic carbocycles.